The van der Waals surface area contributed by atoms with Crippen molar-refractivity contribution in [3.63, 3.8) is 0 Å². The Bertz CT molecular complexity index is 378. The number of amides is 1. The third kappa shape index (κ3) is 3.54. The molecule has 2 unspecified atom stereocenters. The number of carbonyl (C=O) groups excluding carboxylic acids is 2. The van der Waals surface area contributed by atoms with Crippen LogP contribution in [0.15, 0.2) is 0 Å². The number of rotatable bonds is 6. The average molecular weight is 273 g/mol. The molecular weight excluding hydrogens is 254 g/mol. The van der Waals surface area contributed by atoms with Gasteiger partial charge in [0.05, 0.1) is 13.5 Å². The molecule has 2 atom stereocenters. The van der Waals surface area contributed by atoms with Gasteiger partial charge in [-0.1, -0.05) is 0 Å². The van der Waals surface area contributed by atoms with E-state index in [9.17, 15) is 13.8 Å². The molecule has 1 amide bonds. The van der Waals surface area contributed by atoms with Crippen molar-refractivity contribution < 1.29 is 18.5 Å². The molecular formula is C12H19NO4S. The molecule has 18 heavy (non-hydrogen) atoms. The smallest absolute Gasteiger partial charge is 0.306 e. The standard InChI is InChI=1S/C12H19NO4S/c1-17-11(15)6-12(4-5-12)8-18(16)7-9-2-3-10(14)13-9/h9H,2-8H2,1H3,(H,13,14). The topological polar surface area (TPSA) is 72.5 Å². The van der Waals surface area contributed by atoms with Crippen LogP contribution in [0, 0.1) is 5.41 Å². The van der Waals surface area contributed by atoms with E-state index in [1.165, 1.54) is 7.11 Å². The van der Waals surface area contributed by atoms with E-state index < -0.39 is 10.8 Å². The van der Waals surface area contributed by atoms with E-state index in [1.807, 2.05) is 0 Å². The number of carbonyl (C=O) groups is 2. The highest BCUT2D eigenvalue weighted by Crippen LogP contribution is 2.49. The molecule has 0 aromatic heterocycles. The zero-order valence-corrected chi connectivity index (χ0v) is 11.4. The fraction of sp³-hybridized carbons (Fsp3) is 0.833. The Kier molecular flexibility index (Phi) is 4.04. The zero-order valence-electron chi connectivity index (χ0n) is 10.6. The summed E-state index contributed by atoms with van der Waals surface area (Å²) >= 11 is 0. The molecule has 0 aromatic rings. The van der Waals surface area contributed by atoms with Crippen LogP contribution in [0.4, 0.5) is 0 Å². The van der Waals surface area contributed by atoms with Crippen LogP contribution in [-0.4, -0.2) is 40.7 Å². The third-order valence-electron chi connectivity index (χ3n) is 3.64. The molecule has 6 heteroatoms. The molecule has 0 radical (unpaired) electrons. The van der Waals surface area contributed by atoms with E-state index >= 15 is 0 Å². The van der Waals surface area contributed by atoms with Crippen molar-refractivity contribution in [2.24, 2.45) is 5.41 Å². The van der Waals surface area contributed by atoms with Crippen LogP contribution >= 0.6 is 0 Å². The number of esters is 1. The first-order chi connectivity index (χ1) is 8.53. The Labute approximate surface area is 109 Å². The van der Waals surface area contributed by atoms with Gasteiger partial charge in [-0.15, -0.1) is 0 Å². The van der Waals surface area contributed by atoms with Crippen LogP contribution in [0.25, 0.3) is 0 Å². The molecule has 2 fully saturated rings. The Balaban J connectivity index is 1.77. The molecule has 102 valence electrons. The van der Waals surface area contributed by atoms with E-state index in [1.54, 1.807) is 0 Å². The Morgan fingerprint density at radius 3 is 2.78 bits per heavy atom. The molecule has 1 heterocycles. The highest BCUT2D eigenvalue weighted by atomic mass is 32.2. The van der Waals surface area contributed by atoms with Crippen molar-refractivity contribution in [2.45, 2.75) is 38.1 Å². The first-order valence-electron chi connectivity index (χ1n) is 6.24. The van der Waals surface area contributed by atoms with Gasteiger partial charge in [-0.25, -0.2) is 0 Å². The van der Waals surface area contributed by atoms with Gasteiger partial charge >= 0.3 is 5.97 Å². The van der Waals surface area contributed by atoms with E-state index in [-0.39, 0.29) is 23.3 Å². The second-order valence-electron chi connectivity index (χ2n) is 5.31. The number of methoxy groups -OCH3 is 1. The summed E-state index contributed by atoms with van der Waals surface area (Å²) in [6.07, 6.45) is 3.58. The van der Waals surface area contributed by atoms with Gasteiger partial charge in [0.2, 0.25) is 5.91 Å². The summed E-state index contributed by atoms with van der Waals surface area (Å²) in [5, 5.41) is 2.82. The van der Waals surface area contributed by atoms with Crippen molar-refractivity contribution in [1.29, 1.82) is 0 Å². The maximum atomic E-state index is 12.0. The molecule has 1 N–H and O–H groups in total. The van der Waals surface area contributed by atoms with Crippen molar-refractivity contribution >= 4 is 22.7 Å². The van der Waals surface area contributed by atoms with Gasteiger partial charge in [0, 0.05) is 34.8 Å². The van der Waals surface area contributed by atoms with Crippen LogP contribution < -0.4 is 5.32 Å². The Morgan fingerprint density at radius 2 is 2.28 bits per heavy atom. The van der Waals surface area contributed by atoms with Crippen molar-refractivity contribution in [2.75, 3.05) is 18.6 Å². The maximum Gasteiger partial charge on any atom is 0.306 e. The van der Waals surface area contributed by atoms with Crippen molar-refractivity contribution in [3.05, 3.63) is 0 Å². The second-order valence-corrected chi connectivity index (χ2v) is 6.81. The predicted molar refractivity (Wildman–Crippen MR) is 67.3 cm³/mol. The summed E-state index contributed by atoms with van der Waals surface area (Å²) in [6, 6.07) is 0.0484. The summed E-state index contributed by atoms with van der Waals surface area (Å²) in [4.78, 5) is 22.3. The summed E-state index contributed by atoms with van der Waals surface area (Å²) in [5.41, 5.74) is -0.0967. The molecule has 2 rings (SSSR count). The van der Waals surface area contributed by atoms with Crippen LogP contribution in [-0.2, 0) is 25.1 Å². The van der Waals surface area contributed by atoms with Gasteiger partial charge in [0.25, 0.3) is 0 Å². The molecule has 1 aliphatic heterocycles. The Morgan fingerprint density at radius 1 is 1.56 bits per heavy atom. The van der Waals surface area contributed by atoms with Crippen LogP contribution in [0.1, 0.15) is 32.1 Å². The lowest BCUT2D eigenvalue weighted by atomic mass is 10.1. The van der Waals surface area contributed by atoms with Gasteiger partial charge in [0.1, 0.15) is 0 Å². The minimum absolute atomic E-state index is 0.0484. The van der Waals surface area contributed by atoms with E-state index in [0.717, 1.165) is 19.3 Å². The summed E-state index contributed by atoms with van der Waals surface area (Å²) in [6.45, 7) is 0. The number of nitrogens with one attached hydrogen (secondary N) is 1. The van der Waals surface area contributed by atoms with Gasteiger partial charge in [-0.3, -0.25) is 13.8 Å². The lowest BCUT2D eigenvalue weighted by molar-refractivity contribution is -0.141. The lowest BCUT2D eigenvalue weighted by Crippen LogP contribution is -2.32. The SMILES string of the molecule is COC(=O)CC1(CS(=O)CC2CCC(=O)N2)CC1. The highest BCUT2D eigenvalue weighted by molar-refractivity contribution is 7.85. The number of ether oxygens (including phenoxy) is 1. The normalized spacial score (nSPS) is 26.5. The summed E-state index contributed by atoms with van der Waals surface area (Å²) in [5.74, 6) is 0.884. The van der Waals surface area contributed by atoms with Crippen molar-refractivity contribution in [3.8, 4) is 0 Å². The predicted octanol–water partition coefficient (Wildman–Crippen LogP) is 0.357. The van der Waals surface area contributed by atoms with Crippen LogP contribution in [0.5, 0.6) is 0 Å². The second kappa shape index (κ2) is 5.38. The highest BCUT2D eigenvalue weighted by Gasteiger charge is 2.46. The molecule has 0 spiro atoms. The minimum Gasteiger partial charge on any atom is -0.469 e. The summed E-state index contributed by atoms with van der Waals surface area (Å²) < 4.78 is 16.7. The largest absolute Gasteiger partial charge is 0.469 e. The number of hydrogen-bond donors (Lipinski definition) is 1. The molecule has 5 nitrogen and oxygen atoms in total. The van der Waals surface area contributed by atoms with Gasteiger partial charge in [-0.2, -0.15) is 0 Å². The third-order valence-corrected chi connectivity index (χ3v) is 5.35. The van der Waals surface area contributed by atoms with Gasteiger partial charge in [0.15, 0.2) is 0 Å². The van der Waals surface area contributed by atoms with Gasteiger partial charge < -0.3 is 10.1 Å². The zero-order chi connectivity index (χ0) is 13.2. The first kappa shape index (κ1) is 13.5. The minimum atomic E-state index is -0.973. The van der Waals surface area contributed by atoms with Crippen molar-refractivity contribution in [1.82, 2.24) is 5.32 Å². The first-order valence-corrected chi connectivity index (χ1v) is 7.73. The fourth-order valence-corrected chi connectivity index (χ4v) is 4.24. The van der Waals surface area contributed by atoms with E-state index in [2.05, 4.69) is 10.1 Å². The van der Waals surface area contributed by atoms with Gasteiger partial charge in [-0.05, 0) is 24.7 Å². The van der Waals surface area contributed by atoms with E-state index in [4.69, 9.17) is 0 Å². The van der Waals surface area contributed by atoms with Crippen LogP contribution in [0.2, 0.25) is 0 Å². The monoisotopic (exact) mass is 273 g/mol. The van der Waals surface area contributed by atoms with E-state index in [0.29, 0.717) is 24.3 Å². The molecule has 1 saturated carbocycles. The average Bonchev–Trinajstić information content (AvgIpc) is 2.92. The molecule has 1 aliphatic carbocycles. The molecule has 2 aliphatic rings. The molecule has 1 saturated heterocycles. The maximum absolute atomic E-state index is 12.0. The van der Waals surface area contributed by atoms with Crippen LogP contribution in [0.3, 0.4) is 0 Å². The Hall–Kier alpha value is -0.910. The fourth-order valence-electron chi connectivity index (χ4n) is 2.35. The lowest BCUT2D eigenvalue weighted by Gasteiger charge is -2.15. The quantitative estimate of drug-likeness (QED) is 0.709. The number of hydrogen-bond acceptors (Lipinski definition) is 4. The molecule has 0 aromatic carbocycles. The summed E-state index contributed by atoms with van der Waals surface area (Å²) in [7, 11) is 0.406. The molecule has 0 bridgehead atoms.